The van der Waals surface area contributed by atoms with Crippen LogP contribution in [-0.2, 0) is 4.74 Å². The molecule has 20 heavy (non-hydrogen) atoms. The molecular weight excluding hydrogens is 264 g/mol. The fourth-order valence-electron chi connectivity index (χ4n) is 3.14. The van der Waals surface area contributed by atoms with E-state index < -0.39 is 23.3 Å². The molecule has 0 amide bonds. The Labute approximate surface area is 117 Å². The largest absolute Gasteiger partial charge is 0.459 e. The van der Waals surface area contributed by atoms with Crippen LogP contribution in [0.15, 0.2) is 12.3 Å². The highest BCUT2D eigenvalue weighted by Crippen LogP contribution is 2.39. The van der Waals surface area contributed by atoms with Crippen molar-refractivity contribution >= 4 is 5.97 Å². The molecule has 0 bridgehead atoms. The maximum absolute atomic E-state index is 13.5. The van der Waals surface area contributed by atoms with E-state index in [1.54, 1.807) is 0 Å². The highest BCUT2D eigenvalue weighted by atomic mass is 19.2. The fourth-order valence-corrected chi connectivity index (χ4v) is 3.14. The van der Waals surface area contributed by atoms with E-state index in [0.717, 1.165) is 31.5 Å². The molecule has 0 radical (unpaired) electrons. The van der Waals surface area contributed by atoms with Crippen LogP contribution < -0.4 is 0 Å². The second kappa shape index (κ2) is 5.46. The van der Waals surface area contributed by atoms with E-state index in [0.29, 0.717) is 5.92 Å². The van der Waals surface area contributed by atoms with Crippen molar-refractivity contribution in [3.63, 3.8) is 0 Å². The van der Waals surface area contributed by atoms with Crippen LogP contribution in [0.2, 0.25) is 0 Å². The quantitative estimate of drug-likeness (QED) is 0.613. The third-order valence-corrected chi connectivity index (χ3v) is 3.69. The minimum atomic E-state index is -1.28. The molecule has 110 valence electrons. The Bertz CT molecular complexity index is 517. The van der Waals surface area contributed by atoms with E-state index >= 15 is 0 Å². The predicted molar refractivity (Wildman–Crippen MR) is 70.2 cm³/mol. The zero-order chi connectivity index (χ0) is 14.9. The standard InChI is InChI=1S/C15H19F2NO2/c1-9-6-10(8-15(2,3)7-9)20-14(19)11-4-5-18-13(17)12(11)16/h4-5,9-10H,6-8H2,1-3H3. The van der Waals surface area contributed by atoms with Crippen LogP contribution >= 0.6 is 0 Å². The summed E-state index contributed by atoms with van der Waals surface area (Å²) in [6.45, 7) is 6.35. The second-order valence-electron chi connectivity index (χ2n) is 6.40. The first-order valence-electron chi connectivity index (χ1n) is 6.79. The number of halogens is 2. The number of hydrogen-bond acceptors (Lipinski definition) is 3. The van der Waals surface area contributed by atoms with Gasteiger partial charge in [-0.15, -0.1) is 0 Å². The highest BCUT2D eigenvalue weighted by Gasteiger charge is 2.34. The molecule has 1 aromatic heterocycles. The lowest BCUT2D eigenvalue weighted by molar-refractivity contribution is -0.00761. The van der Waals surface area contributed by atoms with E-state index in [1.807, 2.05) is 0 Å². The van der Waals surface area contributed by atoms with Gasteiger partial charge in [0.25, 0.3) is 0 Å². The van der Waals surface area contributed by atoms with Crippen LogP contribution in [0.25, 0.3) is 0 Å². The summed E-state index contributed by atoms with van der Waals surface area (Å²) < 4.78 is 31.9. The number of ether oxygens (including phenoxy) is 1. The minimum absolute atomic E-state index is 0.0879. The second-order valence-corrected chi connectivity index (χ2v) is 6.40. The third-order valence-electron chi connectivity index (χ3n) is 3.69. The number of rotatable bonds is 2. The predicted octanol–water partition coefficient (Wildman–Crippen LogP) is 3.73. The van der Waals surface area contributed by atoms with Gasteiger partial charge in [-0.25, -0.2) is 14.2 Å². The summed E-state index contributed by atoms with van der Waals surface area (Å²) in [6.07, 6.45) is 3.36. The van der Waals surface area contributed by atoms with Gasteiger partial charge in [0.15, 0.2) is 5.82 Å². The summed E-state index contributed by atoms with van der Waals surface area (Å²) in [7, 11) is 0. The Morgan fingerprint density at radius 3 is 2.75 bits per heavy atom. The zero-order valence-electron chi connectivity index (χ0n) is 12.0. The summed E-state index contributed by atoms with van der Waals surface area (Å²) in [4.78, 5) is 15.1. The first kappa shape index (κ1) is 14.9. The van der Waals surface area contributed by atoms with Gasteiger partial charge in [-0.2, -0.15) is 4.39 Å². The van der Waals surface area contributed by atoms with Gasteiger partial charge in [0, 0.05) is 6.20 Å². The van der Waals surface area contributed by atoms with Crippen molar-refractivity contribution in [2.24, 2.45) is 11.3 Å². The van der Waals surface area contributed by atoms with E-state index in [9.17, 15) is 13.6 Å². The Balaban J connectivity index is 2.10. The molecule has 1 aliphatic carbocycles. The molecule has 0 saturated heterocycles. The molecule has 5 heteroatoms. The molecule has 2 rings (SSSR count). The molecule has 2 atom stereocenters. The van der Waals surface area contributed by atoms with Gasteiger partial charge in [-0.1, -0.05) is 20.8 Å². The van der Waals surface area contributed by atoms with Crippen molar-refractivity contribution in [3.8, 4) is 0 Å². The number of carbonyl (C=O) groups is 1. The average Bonchev–Trinajstić information content (AvgIpc) is 2.29. The SMILES string of the molecule is CC1CC(OC(=O)c2ccnc(F)c2F)CC(C)(C)C1. The Morgan fingerprint density at radius 2 is 2.10 bits per heavy atom. The summed E-state index contributed by atoms with van der Waals surface area (Å²) >= 11 is 0. The lowest BCUT2D eigenvalue weighted by atomic mass is 9.71. The Hall–Kier alpha value is -1.52. The van der Waals surface area contributed by atoms with E-state index in [2.05, 4.69) is 25.8 Å². The van der Waals surface area contributed by atoms with E-state index in [1.165, 1.54) is 0 Å². The Morgan fingerprint density at radius 1 is 1.40 bits per heavy atom. The molecule has 1 aliphatic rings. The van der Waals surface area contributed by atoms with Crippen LogP contribution in [0.3, 0.4) is 0 Å². The van der Waals surface area contributed by atoms with Crippen LogP contribution in [0, 0.1) is 23.1 Å². The normalized spacial score (nSPS) is 25.2. The monoisotopic (exact) mass is 283 g/mol. The van der Waals surface area contributed by atoms with Gasteiger partial charge in [0.2, 0.25) is 5.95 Å². The molecule has 2 unspecified atom stereocenters. The van der Waals surface area contributed by atoms with Crippen molar-refractivity contribution in [1.82, 2.24) is 4.98 Å². The maximum Gasteiger partial charge on any atom is 0.341 e. The van der Waals surface area contributed by atoms with Gasteiger partial charge in [-0.3, -0.25) is 0 Å². The maximum atomic E-state index is 13.5. The third kappa shape index (κ3) is 3.32. The zero-order valence-corrected chi connectivity index (χ0v) is 12.0. The minimum Gasteiger partial charge on any atom is -0.459 e. The van der Waals surface area contributed by atoms with E-state index in [-0.39, 0.29) is 11.5 Å². The molecule has 1 fully saturated rings. The summed E-state index contributed by atoms with van der Waals surface area (Å²) in [5, 5.41) is 0. The first-order chi connectivity index (χ1) is 9.28. The number of pyridine rings is 1. The topological polar surface area (TPSA) is 39.2 Å². The van der Waals surface area contributed by atoms with Crippen molar-refractivity contribution in [1.29, 1.82) is 0 Å². The molecule has 0 aliphatic heterocycles. The van der Waals surface area contributed by atoms with Gasteiger partial charge < -0.3 is 4.74 Å². The van der Waals surface area contributed by atoms with Crippen molar-refractivity contribution in [3.05, 3.63) is 29.6 Å². The number of carbonyl (C=O) groups excluding carboxylic acids is 1. The fraction of sp³-hybridized carbons (Fsp3) is 0.600. The van der Waals surface area contributed by atoms with Gasteiger partial charge >= 0.3 is 5.97 Å². The molecule has 0 N–H and O–H groups in total. The lowest BCUT2D eigenvalue weighted by Gasteiger charge is -2.38. The summed E-state index contributed by atoms with van der Waals surface area (Å²) in [5.74, 6) is -2.91. The van der Waals surface area contributed by atoms with Crippen LogP contribution in [0.1, 0.15) is 50.4 Å². The molecule has 1 saturated carbocycles. The van der Waals surface area contributed by atoms with Gasteiger partial charge in [0.1, 0.15) is 11.7 Å². The smallest absolute Gasteiger partial charge is 0.341 e. The highest BCUT2D eigenvalue weighted by molar-refractivity contribution is 5.89. The molecular formula is C15H19F2NO2. The summed E-state index contributed by atoms with van der Waals surface area (Å²) in [5.41, 5.74) is -0.307. The van der Waals surface area contributed by atoms with E-state index in [4.69, 9.17) is 4.74 Å². The molecule has 0 spiro atoms. The van der Waals surface area contributed by atoms with Crippen molar-refractivity contribution in [2.45, 2.75) is 46.1 Å². The molecule has 1 heterocycles. The molecule has 3 nitrogen and oxygen atoms in total. The average molecular weight is 283 g/mol. The van der Waals surface area contributed by atoms with Gasteiger partial charge in [-0.05, 0) is 36.7 Å². The van der Waals surface area contributed by atoms with Crippen molar-refractivity contribution < 1.29 is 18.3 Å². The number of nitrogens with zero attached hydrogens (tertiary/aromatic N) is 1. The van der Waals surface area contributed by atoms with Crippen molar-refractivity contribution in [2.75, 3.05) is 0 Å². The summed E-state index contributed by atoms with van der Waals surface area (Å²) in [6, 6.07) is 1.14. The first-order valence-corrected chi connectivity index (χ1v) is 6.79. The lowest BCUT2D eigenvalue weighted by Crippen LogP contribution is -2.34. The number of esters is 1. The molecule has 1 aromatic rings. The Kier molecular flexibility index (Phi) is 4.06. The number of aromatic nitrogens is 1. The van der Waals surface area contributed by atoms with Gasteiger partial charge in [0.05, 0.1) is 0 Å². The number of hydrogen-bond donors (Lipinski definition) is 0. The molecule has 0 aromatic carbocycles. The van der Waals surface area contributed by atoms with Crippen LogP contribution in [0.4, 0.5) is 8.78 Å². The van der Waals surface area contributed by atoms with Crippen LogP contribution in [-0.4, -0.2) is 17.1 Å². The van der Waals surface area contributed by atoms with Crippen LogP contribution in [0.5, 0.6) is 0 Å².